The zero-order valence-electron chi connectivity index (χ0n) is 14.6. The van der Waals surface area contributed by atoms with Gasteiger partial charge in [-0.3, -0.25) is 0 Å². The number of hydrogen-bond donors (Lipinski definition) is 1. The van der Waals surface area contributed by atoms with Crippen LogP contribution in [0.25, 0.3) is 0 Å². The molecule has 1 N–H and O–H groups in total. The Hall–Kier alpha value is -1.60. The third-order valence-electron chi connectivity index (χ3n) is 5.51. The maximum atomic E-state index is 14.8. The van der Waals surface area contributed by atoms with E-state index in [1.165, 1.54) is 49.9 Å². The van der Waals surface area contributed by atoms with E-state index in [0.717, 1.165) is 19.5 Å². The van der Waals surface area contributed by atoms with Gasteiger partial charge in [-0.05, 0) is 48.8 Å². The van der Waals surface area contributed by atoms with Gasteiger partial charge in [0.25, 0.3) is 0 Å². The molecule has 2 fully saturated rings. The summed E-state index contributed by atoms with van der Waals surface area (Å²) in [5, 5.41) is -0.0806. The number of benzene rings is 1. The van der Waals surface area contributed by atoms with E-state index in [1.807, 2.05) is 4.90 Å². The highest BCUT2D eigenvalue weighted by Crippen LogP contribution is 2.48. The number of pyridine rings is 1. The zero-order valence-corrected chi connectivity index (χ0v) is 16.1. The third kappa shape index (κ3) is 3.72. The Labute approximate surface area is 165 Å². The van der Waals surface area contributed by atoms with Gasteiger partial charge in [-0.25, -0.2) is 13.8 Å². The molecule has 1 aliphatic heterocycles. The first-order valence-corrected chi connectivity index (χ1v) is 10.1. The molecular formula is C19H19ClF3N3S. The molecule has 2 aliphatic rings. The quantitative estimate of drug-likeness (QED) is 0.375. The van der Waals surface area contributed by atoms with Crippen LogP contribution in [0.1, 0.15) is 32.1 Å². The summed E-state index contributed by atoms with van der Waals surface area (Å²) in [6.45, 7) is 1.56. The summed E-state index contributed by atoms with van der Waals surface area (Å²) < 4.78 is 45.2. The highest BCUT2D eigenvalue weighted by atomic mass is 35.5. The van der Waals surface area contributed by atoms with Gasteiger partial charge in [-0.2, -0.15) is 4.39 Å². The highest BCUT2D eigenvalue weighted by Gasteiger charge is 2.41. The van der Waals surface area contributed by atoms with Crippen molar-refractivity contribution < 1.29 is 13.2 Å². The Bertz CT molecular complexity index is 858. The number of halogens is 4. The standard InChI is InChI=1S/C19H19ClF3N3S/c20-16-13(26-9-8-19(11-26)6-1-2-7-19)10-12(21)18(17(16)23)27-25-15-5-3-4-14(22)24-15/h3-5,10H,1-2,6-9,11H2,(H,24,25). The molecule has 0 radical (unpaired) electrons. The average molecular weight is 414 g/mol. The van der Waals surface area contributed by atoms with E-state index >= 15 is 0 Å². The van der Waals surface area contributed by atoms with Gasteiger partial charge in [0.1, 0.15) is 21.6 Å². The molecule has 1 spiro atoms. The number of rotatable bonds is 4. The monoisotopic (exact) mass is 413 g/mol. The van der Waals surface area contributed by atoms with Gasteiger partial charge < -0.3 is 9.62 Å². The van der Waals surface area contributed by atoms with Crippen molar-refractivity contribution >= 4 is 35.1 Å². The molecule has 1 saturated heterocycles. The lowest BCUT2D eigenvalue weighted by Crippen LogP contribution is -2.25. The van der Waals surface area contributed by atoms with Crippen LogP contribution in [-0.2, 0) is 0 Å². The number of hydrogen-bond acceptors (Lipinski definition) is 4. The number of nitrogens with zero attached hydrogens (tertiary/aromatic N) is 2. The molecule has 27 heavy (non-hydrogen) atoms. The van der Waals surface area contributed by atoms with Crippen LogP contribution in [0.15, 0.2) is 29.2 Å². The van der Waals surface area contributed by atoms with Crippen molar-refractivity contribution in [3.05, 3.63) is 46.9 Å². The number of nitrogens with one attached hydrogen (secondary N) is 1. The van der Waals surface area contributed by atoms with Crippen molar-refractivity contribution in [2.45, 2.75) is 37.0 Å². The molecular weight excluding hydrogens is 395 g/mol. The van der Waals surface area contributed by atoms with Crippen LogP contribution < -0.4 is 9.62 Å². The Morgan fingerprint density at radius 2 is 1.93 bits per heavy atom. The number of aromatic nitrogens is 1. The minimum atomic E-state index is -0.812. The average Bonchev–Trinajstić information content (AvgIpc) is 3.28. The summed E-state index contributed by atoms with van der Waals surface area (Å²) in [6.07, 6.45) is 5.82. The lowest BCUT2D eigenvalue weighted by molar-refractivity contribution is 0.340. The molecule has 3 nitrogen and oxygen atoms in total. The largest absolute Gasteiger partial charge is 0.370 e. The van der Waals surface area contributed by atoms with E-state index in [1.54, 1.807) is 0 Å². The minimum Gasteiger partial charge on any atom is -0.370 e. The summed E-state index contributed by atoms with van der Waals surface area (Å²) >= 11 is 6.94. The molecule has 1 aliphatic carbocycles. The highest BCUT2D eigenvalue weighted by molar-refractivity contribution is 8.00. The first kappa shape index (κ1) is 18.7. The second-order valence-corrected chi connectivity index (χ2v) is 8.46. The van der Waals surface area contributed by atoms with Crippen molar-refractivity contribution in [3.63, 3.8) is 0 Å². The molecule has 1 saturated carbocycles. The fourth-order valence-corrected chi connectivity index (χ4v) is 5.12. The molecule has 0 atom stereocenters. The summed E-state index contributed by atoms with van der Waals surface area (Å²) in [5.41, 5.74) is 0.678. The van der Waals surface area contributed by atoms with Crippen LogP contribution in [0.2, 0.25) is 5.02 Å². The van der Waals surface area contributed by atoms with Crippen LogP contribution in [0, 0.1) is 23.0 Å². The first-order chi connectivity index (χ1) is 13.0. The first-order valence-electron chi connectivity index (χ1n) is 8.95. The van der Waals surface area contributed by atoms with Gasteiger partial charge in [-0.15, -0.1) is 0 Å². The molecule has 1 aromatic heterocycles. The maximum Gasteiger partial charge on any atom is 0.214 e. The molecule has 1 aromatic carbocycles. The second kappa shape index (κ2) is 7.43. The van der Waals surface area contributed by atoms with Gasteiger partial charge in [-0.1, -0.05) is 30.5 Å². The molecule has 0 unspecified atom stereocenters. The van der Waals surface area contributed by atoms with Crippen molar-refractivity contribution in [1.82, 2.24) is 4.98 Å². The minimum absolute atomic E-state index is 0.0806. The van der Waals surface area contributed by atoms with Crippen molar-refractivity contribution in [2.24, 2.45) is 5.41 Å². The Kier molecular flexibility index (Phi) is 5.16. The van der Waals surface area contributed by atoms with E-state index < -0.39 is 17.6 Å². The third-order valence-corrected chi connectivity index (χ3v) is 6.76. The van der Waals surface area contributed by atoms with Crippen molar-refractivity contribution in [3.8, 4) is 0 Å². The topological polar surface area (TPSA) is 28.2 Å². The maximum absolute atomic E-state index is 14.8. The molecule has 0 amide bonds. The van der Waals surface area contributed by atoms with Gasteiger partial charge in [0.15, 0.2) is 5.82 Å². The summed E-state index contributed by atoms with van der Waals surface area (Å²) in [6, 6.07) is 5.45. The fourth-order valence-electron chi connectivity index (χ4n) is 4.13. The van der Waals surface area contributed by atoms with Gasteiger partial charge in [0, 0.05) is 19.2 Å². The van der Waals surface area contributed by atoms with E-state index in [2.05, 4.69) is 9.71 Å². The van der Waals surface area contributed by atoms with Crippen molar-refractivity contribution in [2.75, 3.05) is 22.7 Å². The number of anilines is 2. The molecule has 4 rings (SSSR count). The Morgan fingerprint density at radius 1 is 1.15 bits per heavy atom. The summed E-state index contributed by atoms with van der Waals surface area (Å²) in [7, 11) is 0. The molecule has 2 heterocycles. The molecule has 0 bridgehead atoms. The second-order valence-electron chi connectivity index (χ2n) is 7.26. The molecule has 144 valence electrons. The van der Waals surface area contributed by atoms with Gasteiger partial charge >= 0.3 is 0 Å². The predicted molar refractivity (Wildman–Crippen MR) is 103 cm³/mol. The molecule has 8 heteroatoms. The molecule has 2 aromatic rings. The predicted octanol–water partition coefficient (Wildman–Crippen LogP) is 6.04. The fraction of sp³-hybridized carbons (Fsp3) is 0.421. The van der Waals surface area contributed by atoms with Crippen LogP contribution in [0.4, 0.5) is 24.7 Å². The zero-order chi connectivity index (χ0) is 19.0. The van der Waals surface area contributed by atoms with Crippen LogP contribution in [0.3, 0.4) is 0 Å². The van der Waals surface area contributed by atoms with E-state index in [-0.39, 0.29) is 21.2 Å². The van der Waals surface area contributed by atoms with Gasteiger partial charge in [0.05, 0.1) is 5.69 Å². The van der Waals surface area contributed by atoms with E-state index in [4.69, 9.17) is 11.6 Å². The summed E-state index contributed by atoms with van der Waals surface area (Å²) in [4.78, 5) is 5.34. The van der Waals surface area contributed by atoms with E-state index in [9.17, 15) is 13.2 Å². The van der Waals surface area contributed by atoms with Crippen LogP contribution in [-0.4, -0.2) is 18.1 Å². The lowest BCUT2D eigenvalue weighted by atomic mass is 9.86. The Balaban J connectivity index is 1.54. The van der Waals surface area contributed by atoms with Crippen LogP contribution in [0.5, 0.6) is 0 Å². The van der Waals surface area contributed by atoms with Gasteiger partial charge in [0.2, 0.25) is 5.95 Å². The smallest absolute Gasteiger partial charge is 0.214 e. The van der Waals surface area contributed by atoms with E-state index in [0.29, 0.717) is 17.6 Å². The SMILES string of the molecule is Fc1cccc(NSc2c(F)cc(N3CCC4(CCCC4)C3)c(Cl)c2F)n1. The van der Waals surface area contributed by atoms with Crippen LogP contribution >= 0.6 is 23.5 Å². The normalized spacial score (nSPS) is 18.4. The lowest BCUT2D eigenvalue weighted by Gasteiger charge is -2.25. The van der Waals surface area contributed by atoms with Crippen molar-refractivity contribution in [1.29, 1.82) is 0 Å². The Morgan fingerprint density at radius 3 is 2.67 bits per heavy atom. The summed E-state index contributed by atoms with van der Waals surface area (Å²) in [5.74, 6) is -2.02.